The highest BCUT2D eigenvalue weighted by atomic mass is 32.1. The van der Waals surface area contributed by atoms with E-state index in [0.29, 0.717) is 13.1 Å². The van der Waals surface area contributed by atoms with Crippen LogP contribution in [0.3, 0.4) is 0 Å². The van der Waals surface area contributed by atoms with Crippen LogP contribution in [0.2, 0.25) is 0 Å². The molecule has 80 valence electrons. The molecule has 0 radical (unpaired) electrons. The van der Waals surface area contributed by atoms with Gasteiger partial charge >= 0.3 is 0 Å². The molecule has 0 fully saturated rings. The van der Waals surface area contributed by atoms with Gasteiger partial charge in [0.05, 0.1) is 25.9 Å². The molecule has 0 unspecified atom stereocenters. The van der Waals surface area contributed by atoms with Crippen molar-refractivity contribution >= 4 is 16.5 Å². The summed E-state index contributed by atoms with van der Waals surface area (Å²) in [6.07, 6.45) is 1.78. The third-order valence-corrected chi connectivity index (χ3v) is 2.34. The number of nitrogens with zero attached hydrogens (tertiary/aromatic N) is 5. The fourth-order valence-electron chi connectivity index (χ4n) is 1.05. The molecule has 2 heterocycles. The molecular weight excluding hydrogens is 216 g/mol. The number of aliphatic hydroxyl groups is 1. The van der Waals surface area contributed by atoms with Gasteiger partial charge in [-0.25, -0.2) is 4.68 Å². The van der Waals surface area contributed by atoms with Gasteiger partial charge in [0.1, 0.15) is 11.2 Å². The van der Waals surface area contributed by atoms with Crippen LogP contribution in [0.25, 0.3) is 0 Å². The molecule has 0 saturated heterocycles. The SMILES string of the molecule is OCCn1cc(CNc2nncs2)nn1. The van der Waals surface area contributed by atoms with E-state index in [1.807, 2.05) is 0 Å². The topological polar surface area (TPSA) is 88.8 Å². The molecule has 0 saturated carbocycles. The molecule has 0 atom stereocenters. The number of aliphatic hydroxyl groups excluding tert-OH is 1. The van der Waals surface area contributed by atoms with E-state index in [1.54, 1.807) is 16.4 Å². The molecule has 0 aromatic carbocycles. The van der Waals surface area contributed by atoms with E-state index in [4.69, 9.17) is 5.11 Å². The highest BCUT2D eigenvalue weighted by molar-refractivity contribution is 7.13. The number of nitrogens with one attached hydrogen (secondary N) is 1. The van der Waals surface area contributed by atoms with Gasteiger partial charge in [0.2, 0.25) is 5.13 Å². The van der Waals surface area contributed by atoms with Crippen molar-refractivity contribution in [3.63, 3.8) is 0 Å². The van der Waals surface area contributed by atoms with E-state index >= 15 is 0 Å². The quantitative estimate of drug-likeness (QED) is 0.729. The normalized spacial score (nSPS) is 10.5. The van der Waals surface area contributed by atoms with Gasteiger partial charge in [0, 0.05) is 0 Å². The molecule has 7 nitrogen and oxygen atoms in total. The number of anilines is 1. The van der Waals surface area contributed by atoms with Crippen molar-refractivity contribution < 1.29 is 5.11 Å². The average molecular weight is 226 g/mol. The fourth-order valence-corrected chi connectivity index (χ4v) is 1.49. The minimum absolute atomic E-state index is 0.0621. The van der Waals surface area contributed by atoms with Crippen molar-refractivity contribution in [2.24, 2.45) is 0 Å². The molecule has 0 aliphatic rings. The molecule has 2 aromatic rings. The Hall–Kier alpha value is -1.54. The Morgan fingerprint density at radius 3 is 3.13 bits per heavy atom. The second kappa shape index (κ2) is 4.80. The number of aromatic nitrogens is 5. The molecule has 15 heavy (non-hydrogen) atoms. The van der Waals surface area contributed by atoms with Gasteiger partial charge in [0.15, 0.2) is 0 Å². The second-order valence-electron chi connectivity index (χ2n) is 2.79. The lowest BCUT2D eigenvalue weighted by atomic mass is 10.5. The van der Waals surface area contributed by atoms with E-state index in [1.165, 1.54) is 11.3 Å². The van der Waals surface area contributed by atoms with E-state index in [-0.39, 0.29) is 6.61 Å². The summed E-state index contributed by atoms with van der Waals surface area (Å²) >= 11 is 1.43. The van der Waals surface area contributed by atoms with Crippen molar-refractivity contribution in [1.82, 2.24) is 25.2 Å². The van der Waals surface area contributed by atoms with Crippen molar-refractivity contribution in [2.75, 3.05) is 11.9 Å². The van der Waals surface area contributed by atoms with Crippen LogP contribution in [-0.4, -0.2) is 36.9 Å². The fraction of sp³-hybridized carbons (Fsp3) is 0.429. The monoisotopic (exact) mass is 226 g/mol. The zero-order valence-corrected chi connectivity index (χ0v) is 8.68. The summed E-state index contributed by atoms with van der Waals surface area (Å²) in [6.45, 7) is 1.08. The molecule has 2 aromatic heterocycles. The minimum atomic E-state index is 0.0621. The van der Waals surface area contributed by atoms with Gasteiger partial charge in [-0.2, -0.15) is 0 Å². The number of hydrogen-bond donors (Lipinski definition) is 2. The van der Waals surface area contributed by atoms with Gasteiger partial charge in [-0.1, -0.05) is 16.6 Å². The van der Waals surface area contributed by atoms with Gasteiger partial charge in [-0.3, -0.25) is 0 Å². The zero-order valence-electron chi connectivity index (χ0n) is 7.87. The van der Waals surface area contributed by atoms with Crippen LogP contribution in [0.1, 0.15) is 5.69 Å². The smallest absolute Gasteiger partial charge is 0.205 e. The average Bonchev–Trinajstić information content (AvgIpc) is 2.85. The maximum atomic E-state index is 8.69. The lowest BCUT2D eigenvalue weighted by Gasteiger charge is -1.96. The number of rotatable bonds is 5. The van der Waals surface area contributed by atoms with Crippen molar-refractivity contribution in [2.45, 2.75) is 13.1 Å². The maximum Gasteiger partial charge on any atom is 0.205 e. The molecule has 0 aliphatic heterocycles. The van der Waals surface area contributed by atoms with Crippen LogP contribution in [0, 0.1) is 0 Å². The minimum Gasteiger partial charge on any atom is -0.394 e. The Morgan fingerprint density at radius 2 is 2.40 bits per heavy atom. The largest absolute Gasteiger partial charge is 0.394 e. The summed E-state index contributed by atoms with van der Waals surface area (Å²) < 4.78 is 1.59. The predicted molar refractivity (Wildman–Crippen MR) is 54.3 cm³/mol. The van der Waals surface area contributed by atoms with E-state index in [0.717, 1.165) is 10.8 Å². The predicted octanol–water partition coefficient (Wildman–Crippen LogP) is -0.266. The summed E-state index contributed by atoms with van der Waals surface area (Å²) in [7, 11) is 0. The summed E-state index contributed by atoms with van der Waals surface area (Å²) in [5.74, 6) is 0. The Kier molecular flexibility index (Phi) is 3.20. The first-order chi connectivity index (χ1) is 7.38. The summed E-state index contributed by atoms with van der Waals surface area (Å²) in [4.78, 5) is 0. The first kappa shape index (κ1) is 9.99. The van der Waals surface area contributed by atoms with Crippen LogP contribution >= 0.6 is 11.3 Å². The molecule has 0 aliphatic carbocycles. The summed E-state index contributed by atoms with van der Waals surface area (Å²) in [6, 6.07) is 0. The van der Waals surface area contributed by atoms with E-state index < -0.39 is 0 Å². The van der Waals surface area contributed by atoms with Crippen LogP contribution in [0.4, 0.5) is 5.13 Å². The number of hydrogen-bond acceptors (Lipinski definition) is 7. The van der Waals surface area contributed by atoms with Crippen LogP contribution in [0.5, 0.6) is 0 Å². The summed E-state index contributed by atoms with van der Waals surface area (Å²) in [5.41, 5.74) is 2.46. The molecule has 2 N–H and O–H groups in total. The maximum absolute atomic E-state index is 8.69. The zero-order chi connectivity index (χ0) is 10.5. The Balaban J connectivity index is 1.88. The second-order valence-corrected chi connectivity index (χ2v) is 3.63. The molecule has 0 bridgehead atoms. The van der Waals surface area contributed by atoms with E-state index in [9.17, 15) is 0 Å². The highest BCUT2D eigenvalue weighted by Gasteiger charge is 2.01. The van der Waals surface area contributed by atoms with Gasteiger partial charge in [0.25, 0.3) is 0 Å². The lowest BCUT2D eigenvalue weighted by Crippen LogP contribution is -2.02. The Bertz CT molecular complexity index is 399. The molecule has 8 heteroatoms. The standard InChI is InChI=1S/C7H10N6OS/c14-2-1-13-4-6(10-12-13)3-8-7-11-9-5-15-7/h4-5,14H,1-3H2,(H,8,11). The molecule has 2 rings (SSSR count). The van der Waals surface area contributed by atoms with Crippen LogP contribution < -0.4 is 5.32 Å². The van der Waals surface area contributed by atoms with E-state index in [2.05, 4.69) is 25.8 Å². The first-order valence-electron chi connectivity index (χ1n) is 4.38. The van der Waals surface area contributed by atoms with Crippen molar-refractivity contribution in [3.05, 3.63) is 17.4 Å². The first-order valence-corrected chi connectivity index (χ1v) is 5.26. The molecule has 0 amide bonds. The van der Waals surface area contributed by atoms with Crippen LogP contribution in [0.15, 0.2) is 11.7 Å². The van der Waals surface area contributed by atoms with Crippen molar-refractivity contribution in [1.29, 1.82) is 0 Å². The van der Waals surface area contributed by atoms with Gasteiger partial charge < -0.3 is 10.4 Å². The summed E-state index contributed by atoms with van der Waals surface area (Å²) in [5, 5.41) is 27.8. The van der Waals surface area contributed by atoms with Gasteiger partial charge in [-0.05, 0) is 0 Å². The Morgan fingerprint density at radius 1 is 1.47 bits per heavy atom. The third kappa shape index (κ3) is 2.70. The highest BCUT2D eigenvalue weighted by Crippen LogP contribution is 2.08. The van der Waals surface area contributed by atoms with Crippen LogP contribution in [-0.2, 0) is 13.1 Å². The molecule has 0 spiro atoms. The van der Waals surface area contributed by atoms with Crippen molar-refractivity contribution in [3.8, 4) is 0 Å². The molecular formula is C7H10N6OS. The Labute approximate surface area is 89.8 Å². The third-order valence-electron chi connectivity index (χ3n) is 1.70. The van der Waals surface area contributed by atoms with Gasteiger partial charge in [-0.15, -0.1) is 15.3 Å². The lowest BCUT2D eigenvalue weighted by molar-refractivity contribution is 0.268.